The molecule has 18 heavy (non-hydrogen) atoms. The van der Waals surface area contributed by atoms with Gasteiger partial charge >= 0.3 is 0 Å². The summed E-state index contributed by atoms with van der Waals surface area (Å²) in [6.45, 7) is 1.05. The van der Waals surface area contributed by atoms with Gasteiger partial charge in [-0.05, 0) is 12.1 Å². The Kier molecular flexibility index (Phi) is 5.79. The van der Waals surface area contributed by atoms with Crippen molar-refractivity contribution >= 4 is 11.6 Å². The zero-order valence-electron chi connectivity index (χ0n) is 10.9. The molecule has 1 rings (SSSR count). The molecule has 100 valence electrons. The third kappa shape index (κ3) is 4.14. The summed E-state index contributed by atoms with van der Waals surface area (Å²) in [7, 11) is 4.79. The fourth-order valence-corrected chi connectivity index (χ4v) is 1.36. The molecule has 1 aromatic carbocycles. The fourth-order valence-electron chi connectivity index (χ4n) is 1.36. The number of guanidine groups is 1. The van der Waals surface area contributed by atoms with Crippen LogP contribution >= 0.6 is 0 Å². The Hall–Kier alpha value is -1.95. The summed E-state index contributed by atoms with van der Waals surface area (Å²) in [5.41, 5.74) is 6.50. The second kappa shape index (κ2) is 7.39. The van der Waals surface area contributed by atoms with Gasteiger partial charge in [0, 0.05) is 18.9 Å². The smallest absolute Gasteiger partial charge is 0.193 e. The summed E-state index contributed by atoms with van der Waals surface area (Å²) in [5.74, 6) is 1.63. The number of rotatable bonds is 6. The third-order valence-electron chi connectivity index (χ3n) is 2.23. The molecule has 0 fully saturated rings. The highest BCUT2D eigenvalue weighted by Gasteiger charge is 2.04. The monoisotopic (exact) mass is 253 g/mol. The Balaban J connectivity index is 2.70. The molecule has 0 saturated carbocycles. The zero-order chi connectivity index (χ0) is 13.4. The number of nitrogens with one attached hydrogen (secondary N) is 1. The highest BCUT2D eigenvalue weighted by molar-refractivity contribution is 5.92. The first-order chi connectivity index (χ1) is 8.71. The first-order valence-corrected chi connectivity index (χ1v) is 5.49. The molecule has 0 saturated heterocycles. The lowest BCUT2D eigenvalue weighted by atomic mass is 10.3. The van der Waals surface area contributed by atoms with E-state index in [1.807, 2.05) is 6.07 Å². The molecule has 1 aromatic rings. The van der Waals surface area contributed by atoms with E-state index in [1.54, 1.807) is 33.5 Å². The van der Waals surface area contributed by atoms with Gasteiger partial charge < -0.3 is 25.3 Å². The lowest BCUT2D eigenvalue weighted by Crippen LogP contribution is -2.23. The minimum atomic E-state index is 0.333. The summed E-state index contributed by atoms with van der Waals surface area (Å²) in [4.78, 5) is 4.09. The van der Waals surface area contributed by atoms with Gasteiger partial charge in [0.2, 0.25) is 0 Å². The van der Waals surface area contributed by atoms with Crippen LogP contribution in [0.1, 0.15) is 0 Å². The molecular weight excluding hydrogens is 234 g/mol. The molecule has 0 amide bonds. The van der Waals surface area contributed by atoms with E-state index in [-0.39, 0.29) is 0 Å². The van der Waals surface area contributed by atoms with Gasteiger partial charge in [-0.1, -0.05) is 0 Å². The van der Waals surface area contributed by atoms with Crippen LogP contribution in [0.3, 0.4) is 0 Å². The number of nitrogens with zero attached hydrogens (tertiary/aromatic N) is 1. The Morgan fingerprint density at radius 2 is 1.94 bits per heavy atom. The van der Waals surface area contributed by atoms with E-state index < -0.39 is 0 Å². The quantitative estimate of drug-likeness (QED) is 0.450. The fraction of sp³-hybridized carbons (Fsp3) is 0.417. The van der Waals surface area contributed by atoms with Crippen molar-refractivity contribution in [1.29, 1.82) is 0 Å². The van der Waals surface area contributed by atoms with Crippen LogP contribution in [0.5, 0.6) is 11.5 Å². The average molecular weight is 253 g/mol. The summed E-state index contributed by atoms with van der Waals surface area (Å²) < 4.78 is 15.2. The molecule has 0 heterocycles. The van der Waals surface area contributed by atoms with Crippen LogP contribution in [0.15, 0.2) is 23.2 Å². The molecule has 0 spiro atoms. The predicted octanol–water partition coefficient (Wildman–Crippen LogP) is 1.08. The SMILES string of the molecule is COCCN=C(N)Nc1ccc(OC)c(OC)c1. The van der Waals surface area contributed by atoms with Gasteiger partial charge in [-0.3, -0.25) is 4.99 Å². The van der Waals surface area contributed by atoms with Crippen LogP contribution in [0.4, 0.5) is 5.69 Å². The summed E-state index contributed by atoms with van der Waals surface area (Å²) in [6, 6.07) is 5.42. The highest BCUT2D eigenvalue weighted by Crippen LogP contribution is 2.29. The van der Waals surface area contributed by atoms with Crippen LogP contribution in [-0.2, 0) is 4.74 Å². The number of hydrogen-bond acceptors (Lipinski definition) is 4. The molecule has 0 aliphatic heterocycles. The molecule has 0 aromatic heterocycles. The predicted molar refractivity (Wildman–Crippen MR) is 71.5 cm³/mol. The number of benzene rings is 1. The van der Waals surface area contributed by atoms with Gasteiger partial charge in [-0.25, -0.2) is 0 Å². The van der Waals surface area contributed by atoms with E-state index in [4.69, 9.17) is 19.9 Å². The molecule has 0 aliphatic carbocycles. The molecule has 3 N–H and O–H groups in total. The molecule has 0 atom stereocenters. The van der Waals surface area contributed by atoms with Crippen molar-refractivity contribution in [2.75, 3.05) is 39.8 Å². The zero-order valence-corrected chi connectivity index (χ0v) is 10.9. The number of hydrogen-bond donors (Lipinski definition) is 2. The summed E-state index contributed by atoms with van der Waals surface area (Å²) >= 11 is 0. The van der Waals surface area contributed by atoms with Crippen molar-refractivity contribution in [3.05, 3.63) is 18.2 Å². The topological polar surface area (TPSA) is 78.1 Å². The molecule has 0 unspecified atom stereocenters. The minimum Gasteiger partial charge on any atom is -0.493 e. The van der Waals surface area contributed by atoms with Crippen LogP contribution in [0.25, 0.3) is 0 Å². The van der Waals surface area contributed by atoms with Gasteiger partial charge in [0.25, 0.3) is 0 Å². The maximum atomic E-state index is 5.72. The van der Waals surface area contributed by atoms with Crippen molar-refractivity contribution in [2.45, 2.75) is 0 Å². The molecule has 6 nitrogen and oxygen atoms in total. The molecular formula is C12H19N3O3. The molecule has 0 bridgehead atoms. The Labute approximate surface area is 107 Å². The second-order valence-corrected chi connectivity index (χ2v) is 3.45. The van der Waals surface area contributed by atoms with Crippen LogP contribution < -0.4 is 20.5 Å². The van der Waals surface area contributed by atoms with Crippen LogP contribution in [0.2, 0.25) is 0 Å². The van der Waals surface area contributed by atoms with Gasteiger partial charge in [-0.15, -0.1) is 0 Å². The second-order valence-electron chi connectivity index (χ2n) is 3.45. The summed E-state index contributed by atoms with van der Waals surface area (Å²) in [5, 5.41) is 2.96. The number of ether oxygens (including phenoxy) is 3. The first-order valence-electron chi connectivity index (χ1n) is 5.49. The lowest BCUT2D eigenvalue weighted by Gasteiger charge is -2.10. The molecule has 0 aliphatic rings. The standard InChI is InChI=1S/C12H19N3O3/c1-16-7-6-14-12(13)15-9-4-5-10(17-2)11(8-9)18-3/h4-5,8H,6-7H2,1-3H3,(H3,13,14,15). The maximum absolute atomic E-state index is 5.72. The van der Waals surface area contributed by atoms with Crippen LogP contribution in [-0.4, -0.2) is 40.4 Å². The van der Waals surface area contributed by atoms with Gasteiger partial charge in [0.15, 0.2) is 17.5 Å². The highest BCUT2D eigenvalue weighted by atomic mass is 16.5. The summed E-state index contributed by atoms with van der Waals surface area (Å²) in [6.07, 6.45) is 0. The van der Waals surface area contributed by atoms with Gasteiger partial charge in [0.05, 0.1) is 27.4 Å². The van der Waals surface area contributed by atoms with Gasteiger partial charge in [0.1, 0.15) is 0 Å². The normalized spacial score (nSPS) is 11.2. The van der Waals surface area contributed by atoms with Crippen molar-refractivity contribution in [1.82, 2.24) is 0 Å². The average Bonchev–Trinajstić information content (AvgIpc) is 2.39. The number of methoxy groups -OCH3 is 3. The van der Waals surface area contributed by atoms with Crippen molar-refractivity contribution in [3.8, 4) is 11.5 Å². The largest absolute Gasteiger partial charge is 0.493 e. The number of anilines is 1. The third-order valence-corrected chi connectivity index (χ3v) is 2.23. The Morgan fingerprint density at radius 1 is 1.22 bits per heavy atom. The Bertz CT molecular complexity index is 408. The van der Waals surface area contributed by atoms with Crippen molar-refractivity contribution < 1.29 is 14.2 Å². The Morgan fingerprint density at radius 3 is 2.56 bits per heavy atom. The molecule has 0 radical (unpaired) electrons. The lowest BCUT2D eigenvalue weighted by molar-refractivity contribution is 0.208. The van der Waals surface area contributed by atoms with Crippen LogP contribution in [0, 0.1) is 0 Å². The van der Waals surface area contributed by atoms with Gasteiger partial charge in [-0.2, -0.15) is 0 Å². The maximum Gasteiger partial charge on any atom is 0.193 e. The van der Waals surface area contributed by atoms with Crippen molar-refractivity contribution in [2.24, 2.45) is 10.7 Å². The minimum absolute atomic E-state index is 0.333. The van der Waals surface area contributed by atoms with E-state index >= 15 is 0 Å². The van der Waals surface area contributed by atoms with E-state index in [9.17, 15) is 0 Å². The van der Waals surface area contributed by atoms with E-state index in [0.29, 0.717) is 30.6 Å². The van der Waals surface area contributed by atoms with E-state index in [0.717, 1.165) is 5.69 Å². The van der Waals surface area contributed by atoms with E-state index in [2.05, 4.69) is 10.3 Å². The first kappa shape index (κ1) is 14.1. The number of nitrogens with two attached hydrogens (primary N) is 1. The van der Waals surface area contributed by atoms with Crippen molar-refractivity contribution in [3.63, 3.8) is 0 Å². The molecule has 6 heteroatoms. The number of aliphatic imine (C=N–C) groups is 1. The van der Waals surface area contributed by atoms with E-state index in [1.165, 1.54) is 0 Å².